The molecule has 0 aliphatic carbocycles. The van der Waals surface area contributed by atoms with Crippen molar-refractivity contribution in [2.24, 2.45) is 0 Å². The molecule has 0 saturated heterocycles. The highest BCUT2D eigenvalue weighted by Crippen LogP contribution is 2.00. The predicted octanol–water partition coefficient (Wildman–Crippen LogP) is 1.57. The van der Waals surface area contributed by atoms with Gasteiger partial charge in [0.25, 0.3) is 0 Å². The fourth-order valence-corrected chi connectivity index (χ4v) is 2.51. The monoisotopic (exact) mass is 285 g/mol. The number of hydrogen-bond donors (Lipinski definition) is 1. The van der Waals surface area contributed by atoms with Crippen molar-refractivity contribution in [2.75, 3.05) is 17.6 Å². The zero-order valence-electron chi connectivity index (χ0n) is 9.09. The van der Waals surface area contributed by atoms with Gasteiger partial charge in [0.05, 0.1) is 11.0 Å². The summed E-state index contributed by atoms with van der Waals surface area (Å²) in [6.45, 7) is 6.05. The van der Waals surface area contributed by atoms with Crippen LogP contribution < -0.4 is 5.32 Å². The van der Waals surface area contributed by atoms with Gasteiger partial charge in [0.1, 0.15) is 0 Å². The minimum absolute atomic E-state index is 0.233. The molecule has 0 amide bonds. The first kappa shape index (κ1) is 14.4. The molecule has 0 radical (unpaired) electrons. The summed E-state index contributed by atoms with van der Waals surface area (Å²) >= 11 is 3.35. The van der Waals surface area contributed by atoms with Gasteiger partial charge in [-0.05, 0) is 27.2 Å². The van der Waals surface area contributed by atoms with Crippen molar-refractivity contribution in [3.8, 4) is 0 Å². The summed E-state index contributed by atoms with van der Waals surface area (Å²) in [6, 6.07) is 0.372. The molecule has 0 aliphatic heterocycles. The first-order valence-corrected chi connectivity index (χ1v) is 7.74. The lowest BCUT2D eigenvalue weighted by atomic mass is 10.3. The summed E-state index contributed by atoms with van der Waals surface area (Å²) in [5.41, 5.74) is 0. The van der Waals surface area contributed by atoms with Gasteiger partial charge in [-0.25, -0.2) is 8.42 Å². The summed E-state index contributed by atoms with van der Waals surface area (Å²) in [4.78, 5) is 0. The molecular formula is C9H20BrNO2S. The van der Waals surface area contributed by atoms with Crippen LogP contribution in [-0.2, 0) is 9.84 Å². The predicted molar refractivity (Wildman–Crippen MR) is 64.8 cm³/mol. The molecule has 1 unspecified atom stereocenters. The van der Waals surface area contributed by atoms with E-state index in [4.69, 9.17) is 0 Å². The van der Waals surface area contributed by atoms with Gasteiger partial charge >= 0.3 is 0 Å². The van der Waals surface area contributed by atoms with Crippen LogP contribution in [0.4, 0.5) is 0 Å². The average molecular weight is 286 g/mol. The lowest BCUT2D eigenvalue weighted by Gasteiger charge is -2.13. The van der Waals surface area contributed by atoms with Crippen LogP contribution in [0.15, 0.2) is 0 Å². The van der Waals surface area contributed by atoms with E-state index < -0.39 is 9.84 Å². The number of hydrogen-bond acceptors (Lipinski definition) is 3. The van der Waals surface area contributed by atoms with Crippen molar-refractivity contribution in [1.82, 2.24) is 5.32 Å². The first-order valence-electron chi connectivity index (χ1n) is 4.91. The molecule has 3 nitrogen and oxygen atoms in total. The van der Waals surface area contributed by atoms with Crippen molar-refractivity contribution in [2.45, 2.75) is 38.5 Å². The maximum absolute atomic E-state index is 11.4. The van der Waals surface area contributed by atoms with Gasteiger partial charge in [0.15, 0.2) is 9.84 Å². The standard InChI is InChI=1S/C9H20BrNO2S/c1-8(2)14(12,13)7-6-11-9(3)4-5-10/h8-9,11H,4-7H2,1-3H3. The largest absolute Gasteiger partial charge is 0.313 e. The minimum Gasteiger partial charge on any atom is -0.313 e. The fourth-order valence-electron chi connectivity index (χ4n) is 0.949. The van der Waals surface area contributed by atoms with E-state index in [1.807, 2.05) is 0 Å². The molecule has 0 saturated carbocycles. The molecule has 0 aromatic rings. The van der Waals surface area contributed by atoms with Crippen LogP contribution in [0.2, 0.25) is 0 Å². The van der Waals surface area contributed by atoms with Gasteiger partial charge < -0.3 is 5.32 Å². The van der Waals surface area contributed by atoms with Crippen LogP contribution in [-0.4, -0.2) is 37.3 Å². The van der Waals surface area contributed by atoms with Crippen molar-refractivity contribution in [3.05, 3.63) is 0 Å². The molecule has 86 valence electrons. The van der Waals surface area contributed by atoms with E-state index in [1.165, 1.54) is 0 Å². The second kappa shape index (κ2) is 6.80. The van der Waals surface area contributed by atoms with E-state index in [2.05, 4.69) is 28.2 Å². The van der Waals surface area contributed by atoms with Crippen LogP contribution in [0.25, 0.3) is 0 Å². The third kappa shape index (κ3) is 5.98. The van der Waals surface area contributed by atoms with Crippen LogP contribution >= 0.6 is 15.9 Å². The molecule has 1 atom stereocenters. The number of sulfone groups is 1. The van der Waals surface area contributed by atoms with Crippen LogP contribution in [0.5, 0.6) is 0 Å². The Labute approximate surface area is 95.7 Å². The average Bonchev–Trinajstić information content (AvgIpc) is 2.04. The second-order valence-corrected chi connectivity index (χ2v) is 7.22. The van der Waals surface area contributed by atoms with E-state index in [1.54, 1.807) is 13.8 Å². The molecule has 0 heterocycles. The fraction of sp³-hybridized carbons (Fsp3) is 1.00. The number of alkyl halides is 1. The van der Waals surface area contributed by atoms with Crippen LogP contribution in [0, 0.1) is 0 Å². The maximum atomic E-state index is 11.4. The molecule has 0 bridgehead atoms. The zero-order valence-corrected chi connectivity index (χ0v) is 11.5. The SMILES string of the molecule is CC(CCBr)NCCS(=O)(=O)C(C)C. The molecule has 5 heteroatoms. The Balaban J connectivity index is 3.74. The Bertz CT molecular complexity index is 239. The van der Waals surface area contributed by atoms with Crippen molar-refractivity contribution >= 4 is 25.8 Å². The molecule has 1 N–H and O–H groups in total. The smallest absolute Gasteiger partial charge is 0.153 e. The van der Waals surface area contributed by atoms with E-state index in [9.17, 15) is 8.42 Å². The Morgan fingerprint density at radius 2 is 1.86 bits per heavy atom. The number of halogens is 1. The van der Waals surface area contributed by atoms with E-state index in [0.717, 1.165) is 11.8 Å². The molecule has 0 aromatic carbocycles. The molecule has 0 aliphatic rings. The Hall–Kier alpha value is 0.390. The van der Waals surface area contributed by atoms with E-state index >= 15 is 0 Å². The first-order chi connectivity index (χ1) is 6.40. The summed E-state index contributed by atoms with van der Waals surface area (Å²) in [5, 5.41) is 3.86. The van der Waals surface area contributed by atoms with Gasteiger partial charge in [-0.3, -0.25) is 0 Å². The maximum Gasteiger partial charge on any atom is 0.153 e. The third-order valence-electron chi connectivity index (χ3n) is 2.14. The lowest BCUT2D eigenvalue weighted by molar-refractivity contribution is 0.546. The summed E-state index contributed by atoms with van der Waals surface area (Å²) in [7, 11) is -2.88. The highest BCUT2D eigenvalue weighted by atomic mass is 79.9. The zero-order chi connectivity index (χ0) is 11.2. The van der Waals surface area contributed by atoms with Gasteiger partial charge in [-0.15, -0.1) is 0 Å². The van der Waals surface area contributed by atoms with E-state index in [0.29, 0.717) is 12.6 Å². The Morgan fingerprint density at radius 3 is 2.29 bits per heavy atom. The van der Waals surface area contributed by atoms with Crippen molar-refractivity contribution < 1.29 is 8.42 Å². The lowest BCUT2D eigenvalue weighted by Crippen LogP contribution is -2.33. The third-order valence-corrected chi connectivity index (χ3v) is 4.81. The Kier molecular flexibility index (Phi) is 6.99. The summed E-state index contributed by atoms with van der Waals surface area (Å²) in [5.74, 6) is 0.233. The Morgan fingerprint density at radius 1 is 1.29 bits per heavy atom. The molecule has 0 rings (SSSR count). The van der Waals surface area contributed by atoms with Crippen molar-refractivity contribution in [1.29, 1.82) is 0 Å². The number of rotatable bonds is 7. The van der Waals surface area contributed by atoms with Crippen LogP contribution in [0.1, 0.15) is 27.2 Å². The van der Waals surface area contributed by atoms with Crippen LogP contribution in [0.3, 0.4) is 0 Å². The van der Waals surface area contributed by atoms with Gasteiger partial charge in [0, 0.05) is 17.9 Å². The quantitative estimate of drug-likeness (QED) is 0.723. The molecular weight excluding hydrogens is 266 g/mol. The van der Waals surface area contributed by atoms with E-state index in [-0.39, 0.29) is 11.0 Å². The molecule has 14 heavy (non-hydrogen) atoms. The second-order valence-electron chi connectivity index (χ2n) is 3.75. The van der Waals surface area contributed by atoms with Crippen molar-refractivity contribution in [3.63, 3.8) is 0 Å². The number of nitrogens with one attached hydrogen (secondary N) is 1. The minimum atomic E-state index is -2.88. The normalized spacial score (nSPS) is 14.6. The van der Waals surface area contributed by atoms with Gasteiger partial charge in [-0.2, -0.15) is 0 Å². The highest BCUT2D eigenvalue weighted by Gasteiger charge is 2.15. The summed E-state index contributed by atoms with van der Waals surface area (Å²) in [6.07, 6.45) is 1.02. The molecule has 0 aromatic heterocycles. The molecule has 0 spiro atoms. The van der Waals surface area contributed by atoms with Gasteiger partial charge in [0.2, 0.25) is 0 Å². The van der Waals surface area contributed by atoms with Gasteiger partial charge in [-0.1, -0.05) is 15.9 Å². The molecule has 0 fully saturated rings. The highest BCUT2D eigenvalue weighted by molar-refractivity contribution is 9.09. The summed E-state index contributed by atoms with van der Waals surface area (Å²) < 4.78 is 22.8. The topological polar surface area (TPSA) is 46.2 Å².